The summed E-state index contributed by atoms with van der Waals surface area (Å²) in [5, 5.41) is 11.9. The predicted molar refractivity (Wildman–Crippen MR) is 65.7 cm³/mol. The summed E-state index contributed by atoms with van der Waals surface area (Å²) in [6.07, 6.45) is 0. The van der Waals surface area contributed by atoms with Crippen molar-refractivity contribution < 1.29 is 4.21 Å². The molecule has 0 aromatic carbocycles. The molecule has 1 unspecified atom stereocenters. The summed E-state index contributed by atoms with van der Waals surface area (Å²) in [6.45, 7) is 4.34. The zero-order chi connectivity index (χ0) is 12.0. The number of aryl methyl sites for hydroxylation is 1. The molecule has 0 spiro atoms. The molecule has 5 heteroatoms. The summed E-state index contributed by atoms with van der Waals surface area (Å²) in [6, 6.07) is 5.61. The highest BCUT2D eigenvalue weighted by molar-refractivity contribution is 7.84. The molecular formula is C11H15N3OS. The molecule has 0 fully saturated rings. The largest absolute Gasteiger partial charge is 0.368 e. The molecule has 0 bridgehead atoms. The molecule has 4 nitrogen and oxygen atoms in total. The fraction of sp³-hybridized carbons (Fsp3) is 0.455. The maximum Gasteiger partial charge on any atom is 0.144 e. The normalized spacial score (nSPS) is 11.8. The first-order valence-corrected chi connectivity index (χ1v) is 6.62. The van der Waals surface area contributed by atoms with E-state index in [4.69, 9.17) is 5.26 Å². The van der Waals surface area contributed by atoms with Crippen LogP contribution in [0.4, 0.5) is 5.82 Å². The predicted octanol–water partition coefficient (Wildman–Crippen LogP) is 1.44. The second-order valence-electron chi connectivity index (χ2n) is 3.32. The third kappa shape index (κ3) is 3.63. The van der Waals surface area contributed by atoms with Crippen molar-refractivity contribution in [2.45, 2.75) is 13.8 Å². The summed E-state index contributed by atoms with van der Waals surface area (Å²) < 4.78 is 11.2. The van der Waals surface area contributed by atoms with E-state index in [1.165, 1.54) is 0 Å². The number of nitriles is 1. The van der Waals surface area contributed by atoms with Crippen LogP contribution < -0.4 is 5.32 Å². The molecular weight excluding hydrogens is 222 g/mol. The highest BCUT2D eigenvalue weighted by Gasteiger charge is 2.03. The van der Waals surface area contributed by atoms with Gasteiger partial charge in [-0.2, -0.15) is 5.26 Å². The summed E-state index contributed by atoms with van der Waals surface area (Å²) in [5.74, 6) is 1.82. The van der Waals surface area contributed by atoms with Crippen LogP contribution in [0.15, 0.2) is 12.1 Å². The Bertz CT molecular complexity index is 426. The number of anilines is 1. The van der Waals surface area contributed by atoms with Crippen LogP contribution in [0.5, 0.6) is 0 Å². The van der Waals surface area contributed by atoms with Crippen LogP contribution in [0.1, 0.15) is 18.2 Å². The Hall–Kier alpha value is -1.41. The van der Waals surface area contributed by atoms with Gasteiger partial charge in [0.2, 0.25) is 0 Å². The molecule has 1 heterocycles. The number of rotatable bonds is 5. The first-order valence-electron chi connectivity index (χ1n) is 5.14. The monoisotopic (exact) mass is 237 g/mol. The van der Waals surface area contributed by atoms with Gasteiger partial charge < -0.3 is 5.32 Å². The third-order valence-electron chi connectivity index (χ3n) is 2.10. The lowest BCUT2D eigenvalue weighted by atomic mass is 10.2. The van der Waals surface area contributed by atoms with Crippen LogP contribution in [-0.2, 0) is 10.8 Å². The number of hydrogen-bond donors (Lipinski definition) is 1. The number of aromatic nitrogens is 1. The molecule has 1 aromatic heterocycles. The topological polar surface area (TPSA) is 65.8 Å². The zero-order valence-corrected chi connectivity index (χ0v) is 10.3. The first kappa shape index (κ1) is 12.7. The quantitative estimate of drug-likeness (QED) is 0.841. The fourth-order valence-electron chi connectivity index (χ4n) is 1.21. The summed E-state index contributed by atoms with van der Waals surface area (Å²) in [5.41, 5.74) is 1.38. The number of nitrogens with zero attached hydrogens (tertiary/aromatic N) is 2. The van der Waals surface area contributed by atoms with Gasteiger partial charge in [-0.25, -0.2) is 4.98 Å². The number of pyridine rings is 1. The average molecular weight is 237 g/mol. The Balaban J connectivity index is 2.63. The van der Waals surface area contributed by atoms with Crippen LogP contribution in [0.3, 0.4) is 0 Å². The first-order chi connectivity index (χ1) is 7.67. The van der Waals surface area contributed by atoms with E-state index in [0.717, 1.165) is 5.69 Å². The van der Waals surface area contributed by atoms with Crippen molar-refractivity contribution in [1.29, 1.82) is 5.26 Å². The molecule has 0 radical (unpaired) electrons. The molecule has 1 N–H and O–H groups in total. The number of hydrogen-bond acceptors (Lipinski definition) is 4. The highest BCUT2D eigenvalue weighted by atomic mass is 32.2. The van der Waals surface area contributed by atoms with Gasteiger partial charge in [-0.3, -0.25) is 4.21 Å². The van der Waals surface area contributed by atoms with Crippen molar-refractivity contribution in [3.63, 3.8) is 0 Å². The molecule has 0 amide bonds. The van der Waals surface area contributed by atoms with E-state index in [-0.39, 0.29) is 0 Å². The average Bonchev–Trinajstić information content (AvgIpc) is 2.29. The summed E-state index contributed by atoms with van der Waals surface area (Å²) >= 11 is 0. The lowest BCUT2D eigenvalue weighted by molar-refractivity contribution is 0.684. The molecule has 0 saturated heterocycles. The van der Waals surface area contributed by atoms with Crippen molar-refractivity contribution in [1.82, 2.24) is 4.98 Å². The molecule has 0 aliphatic rings. The van der Waals surface area contributed by atoms with Crippen molar-refractivity contribution in [2.75, 3.05) is 23.4 Å². The van der Waals surface area contributed by atoms with Gasteiger partial charge in [-0.15, -0.1) is 0 Å². The highest BCUT2D eigenvalue weighted by Crippen LogP contribution is 2.11. The van der Waals surface area contributed by atoms with E-state index in [2.05, 4.69) is 16.4 Å². The SMILES string of the molecule is CCS(=O)CCNc1nc(C)ccc1C#N. The second-order valence-corrected chi connectivity index (χ2v) is 5.19. The van der Waals surface area contributed by atoms with Gasteiger partial charge in [0.05, 0.1) is 5.56 Å². The standard InChI is InChI=1S/C11H15N3OS/c1-3-16(15)7-6-13-11-10(8-12)5-4-9(2)14-11/h4-5H,3,6-7H2,1-2H3,(H,13,14). The van der Waals surface area contributed by atoms with Crippen LogP contribution in [0.25, 0.3) is 0 Å². The van der Waals surface area contributed by atoms with Gasteiger partial charge in [0, 0.05) is 34.5 Å². The smallest absolute Gasteiger partial charge is 0.144 e. The molecule has 1 rings (SSSR count). The van der Waals surface area contributed by atoms with Crippen molar-refractivity contribution >= 4 is 16.6 Å². The van der Waals surface area contributed by atoms with E-state index >= 15 is 0 Å². The minimum atomic E-state index is -0.788. The second kappa shape index (κ2) is 6.23. The van der Waals surface area contributed by atoms with Gasteiger partial charge in [0.15, 0.2) is 0 Å². The summed E-state index contributed by atoms with van der Waals surface area (Å²) in [7, 11) is -0.788. The Morgan fingerprint density at radius 2 is 2.31 bits per heavy atom. The Morgan fingerprint density at radius 1 is 1.56 bits per heavy atom. The zero-order valence-electron chi connectivity index (χ0n) is 9.49. The van der Waals surface area contributed by atoms with Crippen molar-refractivity contribution in [3.8, 4) is 6.07 Å². The van der Waals surface area contributed by atoms with E-state index in [1.54, 1.807) is 12.1 Å². The van der Waals surface area contributed by atoms with E-state index in [0.29, 0.717) is 29.4 Å². The van der Waals surface area contributed by atoms with Gasteiger partial charge in [-0.05, 0) is 19.1 Å². The van der Waals surface area contributed by atoms with Gasteiger partial charge in [-0.1, -0.05) is 6.92 Å². The molecule has 86 valence electrons. The molecule has 0 saturated carbocycles. The van der Waals surface area contributed by atoms with Gasteiger partial charge in [0.25, 0.3) is 0 Å². The van der Waals surface area contributed by atoms with Crippen LogP contribution in [0.2, 0.25) is 0 Å². The lowest BCUT2D eigenvalue weighted by Gasteiger charge is -2.07. The van der Waals surface area contributed by atoms with Gasteiger partial charge >= 0.3 is 0 Å². The van der Waals surface area contributed by atoms with Crippen LogP contribution in [-0.4, -0.2) is 27.2 Å². The van der Waals surface area contributed by atoms with E-state index < -0.39 is 10.8 Å². The Kier molecular flexibility index (Phi) is 4.93. The molecule has 1 atom stereocenters. The summed E-state index contributed by atoms with van der Waals surface area (Å²) in [4.78, 5) is 4.23. The van der Waals surface area contributed by atoms with Crippen molar-refractivity contribution in [2.24, 2.45) is 0 Å². The van der Waals surface area contributed by atoms with E-state index in [1.807, 2.05) is 13.8 Å². The third-order valence-corrected chi connectivity index (χ3v) is 3.40. The van der Waals surface area contributed by atoms with Crippen molar-refractivity contribution in [3.05, 3.63) is 23.4 Å². The van der Waals surface area contributed by atoms with Crippen LogP contribution >= 0.6 is 0 Å². The lowest BCUT2D eigenvalue weighted by Crippen LogP contribution is -2.13. The molecule has 0 aliphatic heterocycles. The fourth-order valence-corrected chi connectivity index (χ4v) is 1.83. The van der Waals surface area contributed by atoms with E-state index in [9.17, 15) is 4.21 Å². The minimum absolute atomic E-state index is 0.521. The molecule has 16 heavy (non-hydrogen) atoms. The minimum Gasteiger partial charge on any atom is -0.368 e. The van der Waals surface area contributed by atoms with Gasteiger partial charge in [0.1, 0.15) is 11.9 Å². The Morgan fingerprint density at radius 3 is 2.94 bits per heavy atom. The van der Waals surface area contributed by atoms with Crippen LogP contribution in [0, 0.1) is 18.3 Å². The molecule has 1 aromatic rings. The number of nitrogens with one attached hydrogen (secondary N) is 1. The Labute approximate surface area is 98.2 Å². The molecule has 0 aliphatic carbocycles. The maximum absolute atomic E-state index is 11.2. The maximum atomic E-state index is 11.2.